The van der Waals surface area contributed by atoms with Gasteiger partial charge >= 0.3 is 0 Å². The van der Waals surface area contributed by atoms with Gasteiger partial charge in [-0.15, -0.1) is 0 Å². The molecule has 4 nitrogen and oxygen atoms in total. The monoisotopic (exact) mass is 395 g/mol. The molecule has 2 unspecified atom stereocenters. The van der Waals surface area contributed by atoms with Crippen molar-refractivity contribution in [1.82, 2.24) is 14.1 Å². The molecule has 1 fully saturated rings. The van der Waals surface area contributed by atoms with Crippen LogP contribution in [-0.2, 0) is 13.5 Å². The maximum atomic E-state index is 12.9. The van der Waals surface area contributed by atoms with Crippen LogP contribution >= 0.6 is 0 Å². The van der Waals surface area contributed by atoms with Crippen LogP contribution in [0.2, 0.25) is 0 Å². The fraction of sp³-hybridized carbons (Fsp3) is 0.308. The van der Waals surface area contributed by atoms with Gasteiger partial charge in [-0.1, -0.05) is 29.8 Å². The van der Waals surface area contributed by atoms with Crippen molar-refractivity contribution in [3.05, 3.63) is 81.9 Å². The Bertz CT molecular complexity index is 1340. The molecule has 0 N–H and O–H groups in total. The quantitative estimate of drug-likeness (QED) is 0.471. The predicted molar refractivity (Wildman–Crippen MR) is 120 cm³/mol. The summed E-state index contributed by atoms with van der Waals surface area (Å²) in [5, 5.41) is 1.27. The third kappa shape index (κ3) is 2.59. The highest BCUT2D eigenvalue weighted by atomic mass is 16.1. The third-order valence-corrected chi connectivity index (χ3v) is 7.17. The first-order valence-electron chi connectivity index (χ1n) is 10.9. The molecule has 2 aliphatic rings. The first-order chi connectivity index (χ1) is 14.6. The highest BCUT2D eigenvalue weighted by Gasteiger charge is 2.36. The van der Waals surface area contributed by atoms with Crippen LogP contribution in [0.3, 0.4) is 0 Å². The van der Waals surface area contributed by atoms with E-state index in [4.69, 9.17) is 4.98 Å². The van der Waals surface area contributed by atoms with Crippen molar-refractivity contribution < 1.29 is 0 Å². The van der Waals surface area contributed by atoms with Crippen molar-refractivity contribution >= 4 is 11.0 Å². The molecule has 30 heavy (non-hydrogen) atoms. The van der Waals surface area contributed by atoms with Gasteiger partial charge in [0, 0.05) is 30.4 Å². The number of nitrogens with zero attached hydrogens (tertiary/aromatic N) is 3. The number of hydrogen-bond acceptors (Lipinski definition) is 2. The van der Waals surface area contributed by atoms with Crippen LogP contribution in [0, 0.1) is 12.8 Å². The van der Waals surface area contributed by atoms with Crippen molar-refractivity contribution in [2.45, 2.75) is 38.5 Å². The van der Waals surface area contributed by atoms with Gasteiger partial charge in [0.25, 0.3) is 5.56 Å². The zero-order chi connectivity index (χ0) is 20.4. The van der Waals surface area contributed by atoms with Gasteiger partial charge in [-0.3, -0.25) is 9.36 Å². The summed E-state index contributed by atoms with van der Waals surface area (Å²) in [6.45, 7) is 2.07. The molecule has 0 aliphatic heterocycles. The van der Waals surface area contributed by atoms with E-state index in [1.54, 1.807) is 10.6 Å². The van der Waals surface area contributed by atoms with E-state index in [2.05, 4.69) is 48.9 Å². The minimum Gasteiger partial charge on any atom is -0.332 e. The van der Waals surface area contributed by atoms with E-state index in [0.29, 0.717) is 11.7 Å². The van der Waals surface area contributed by atoms with E-state index in [1.807, 2.05) is 18.3 Å². The molecule has 0 saturated heterocycles. The number of pyridine rings is 2. The first kappa shape index (κ1) is 17.7. The predicted octanol–water partition coefficient (Wildman–Crippen LogP) is 5.14. The number of hydrogen-bond donors (Lipinski definition) is 0. The fourth-order valence-electron chi connectivity index (χ4n) is 5.59. The second-order valence-electron chi connectivity index (χ2n) is 9.03. The molecule has 2 bridgehead atoms. The van der Waals surface area contributed by atoms with Gasteiger partial charge in [0.2, 0.25) is 0 Å². The topological polar surface area (TPSA) is 39.8 Å². The van der Waals surface area contributed by atoms with Gasteiger partial charge in [0.05, 0.1) is 0 Å². The van der Waals surface area contributed by atoms with E-state index in [1.165, 1.54) is 47.9 Å². The Labute approximate surface area is 175 Å². The summed E-state index contributed by atoms with van der Waals surface area (Å²) in [5.41, 5.74) is 7.11. The Morgan fingerprint density at radius 3 is 2.63 bits per heavy atom. The molecular formula is C26H25N3O. The van der Waals surface area contributed by atoms with Crippen molar-refractivity contribution in [2.75, 3.05) is 0 Å². The summed E-state index contributed by atoms with van der Waals surface area (Å²) in [4.78, 5) is 17.9. The smallest absolute Gasteiger partial charge is 0.256 e. The van der Waals surface area contributed by atoms with Crippen LogP contribution in [0.25, 0.3) is 28.0 Å². The highest BCUT2D eigenvalue weighted by Crippen LogP contribution is 2.49. The Morgan fingerprint density at radius 2 is 1.83 bits per heavy atom. The molecule has 6 rings (SSSR count). The van der Waals surface area contributed by atoms with E-state index in [0.717, 1.165) is 22.7 Å². The van der Waals surface area contributed by atoms with Gasteiger partial charge in [-0.2, -0.15) is 0 Å². The summed E-state index contributed by atoms with van der Waals surface area (Å²) >= 11 is 0. The van der Waals surface area contributed by atoms with E-state index in [-0.39, 0.29) is 5.56 Å². The third-order valence-electron chi connectivity index (χ3n) is 7.17. The standard InChI is InChI=1S/C26H25N3O/c1-16-3-6-18(7-4-16)19-11-12-29(24(30)15-19)23-10-9-21-25-20-8-5-17(13-20)14-22(25)28(2)26(21)27-23/h3-4,6-7,9-12,15,17,20H,5,8,13-14H2,1-2H3. The molecule has 4 heteroatoms. The van der Waals surface area contributed by atoms with Gasteiger partial charge in [-0.05, 0) is 79.3 Å². The summed E-state index contributed by atoms with van der Waals surface area (Å²) in [5.74, 6) is 2.21. The van der Waals surface area contributed by atoms with Crippen LogP contribution in [0.4, 0.5) is 0 Å². The van der Waals surface area contributed by atoms with Crippen LogP contribution < -0.4 is 5.56 Å². The lowest BCUT2D eigenvalue weighted by molar-refractivity contribution is 0.495. The second-order valence-corrected chi connectivity index (χ2v) is 9.03. The Balaban J connectivity index is 1.44. The summed E-state index contributed by atoms with van der Waals surface area (Å²) in [6.07, 6.45) is 7.00. The number of aromatic nitrogens is 3. The number of fused-ring (bicyclic) bond motifs is 6. The van der Waals surface area contributed by atoms with Gasteiger partial charge in [-0.25, -0.2) is 4.98 Å². The van der Waals surface area contributed by atoms with Crippen LogP contribution in [0.5, 0.6) is 0 Å². The average molecular weight is 396 g/mol. The normalized spacial score (nSPS) is 19.9. The van der Waals surface area contributed by atoms with Crippen molar-refractivity contribution in [3.63, 3.8) is 0 Å². The van der Waals surface area contributed by atoms with Crippen molar-refractivity contribution in [1.29, 1.82) is 0 Å². The molecule has 0 spiro atoms. The molecule has 1 aromatic carbocycles. The molecule has 3 heterocycles. The second kappa shape index (κ2) is 6.43. The molecule has 3 aromatic heterocycles. The zero-order valence-electron chi connectivity index (χ0n) is 17.4. The summed E-state index contributed by atoms with van der Waals surface area (Å²) in [7, 11) is 2.13. The maximum Gasteiger partial charge on any atom is 0.256 e. The number of rotatable bonds is 2. The maximum absolute atomic E-state index is 12.9. The zero-order valence-corrected chi connectivity index (χ0v) is 17.4. The minimum absolute atomic E-state index is 0.0574. The SMILES string of the molecule is Cc1ccc(-c2ccn(-c3ccc4c5c(n(C)c4n3)CC3CCC5C3)c(=O)c2)cc1. The minimum atomic E-state index is -0.0574. The van der Waals surface area contributed by atoms with E-state index in [9.17, 15) is 4.79 Å². The van der Waals surface area contributed by atoms with Crippen LogP contribution in [0.15, 0.2) is 59.5 Å². The molecule has 2 atom stereocenters. The van der Waals surface area contributed by atoms with E-state index >= 15 is 0 Å². The Hall–Kier alpha value is -3.14. The lowest BCUT2D eigenvalue weighted by atomic mass is 9.86. The highest BCUT2D eigenvalue weighted by molar-refractivity contribution is 5.84. The molecule has 0 radical (unpaired) electrons. The van der Waals surface area contributed by atoms with Gasteiger partial charge < -0.3 is 4.57 Å². The molecule has 0 amide bonds. The summed E-state index contributed by atoms with van der Waals surface area (Å²) < 4.78 is 3.92. The average Bonchev–Trinajstić information content (AvgIpc) is 3.27. The lowest BCUT2D eigenvalue weighted by Crippen LogP contribution is -2.17. The van der Waals surface area contributed by atoms with Gasteiger partial charge in [0.1, 0.15) is 11.5 Å². The largest absolute Gasteiger partial charge is 0.332 e. The Morgan fingerprint density at radius 1 is 1.00 bits per heavy atom. The molecule has 1 saturated carbocycles. The summed E-state index contributed by atoms with van der Waals surface area (Å²) in [6, 6.07) is 16.1. The number of aryl methyl sites for hydroxylation is 2. The molecule has 150 valence electrons. The molecule has 4 aromatic rings. The first-order valence-corrected chi connectivity index (χ1v) is 10.9. The fourth-order valence-corrected chi connectivity index (χ4v) is 5.59. The van der Waals surface area contributed by atoms with Crippen LogP contribution in [0.1, 0.15) is 42.0 Å². The van der Waals surface area contributed by atoms with E-state index < -0.39 is 0 Å². The van der Waals surface area contributed by atoms with Crippen molar-refractivity contribution in [2.24, 2.45) is 13.0 Å². The van der Waals surface area contributed by atoms with Crippen molar-refractivity contribution in [3.8, 4) is 16.9 Å². The van der Waals surface area contributed by atoms with Gasteiger partial charge in [0.15, 0.2) is 0 Å². The molecule has 2 aliphatic carbocycles. The van der Waals surface area contributed by atoms with Crippen LogP contribution in [-0.4, -0.2) is 14.1 Å². The molecular weight excluding hydrogens is 370 g/mol. The Kier molecular flexibility index (Phi) is 3.79. The lowest BCUT2D eigenvalue weighted by Gasteiger charge is -2.20. The number of benzene rings is 1.